The molecule has 0 aliphatic heterocycles. The molecule has 3 amide bonds. The van der Waals surface area contributed by atoms with Crippen LogP contribution in [0.1, 0.15) is 16.8 Å². The smallest absolute Gasteiger partial charge is 0.316 e. The van der Waals surface area contributed by atoms with Gasteiger partial charge in [0.1, 0.15) is 0 Å². The number of aryl methyl sites for hydroxylation is 1. The summed E-state index contributed by atoms with van der Waals surface area (Å²) in [5.41, 5.74) is 7.35. The van der Waals surface area contributed by atoms with Crippen molar-refractivity contribution < 1.29 is 9.59 Å². The van der Waals surface area contributed by atoms with Crippen molar-refractivity contribution in [2.75, 3.05) is 11.9 Å². The van der Waals surface area contributed by atoms with Crippen LogP contribution in [0, 0.1) is 0 Å². The second-order valence-corrected chi connectivity index (χ2v) is 5.74. The molecule has 0 saturated heterocycles. The summed E-state index contributed by atoms with van der Waals surface area (Å²) >= 11 is 0. The number of para-hydroxylation sites is 1. The van der Waals surface area contributed by atoms with E-state index in [4.69, 9.17) is 5.73 Å². The SMILES string of the molecule is NC(=O)Nc1ccc(C(=O)NCCCn2ccc3ccccc32)cc1. The lowest BCUT2D eigenvalue weighted by molar-refractivity contribution is 0.0953. The van der Waals surface area contributed by atoms with Gasteiger partial charge in [-0.2, -0.15) is 0 Å². The first-order valence-electron chi connectivity index (χ1n) is 8.12. The van der Waals surface area contributed by atoms with Crippen LogP contribution in [0.5, 0.6) is 0 Å². The minimum Gasteiger partial charge on any atom is -0.352 e. The van der Waals surface area contributed by atoms with E-state index in [-0.39, 0.29) is 5.91 Å². The Labute approximate surface area is 145 Å². The maximum absolute atomic E-state index is 12.1. The fourth-order valence-electron chi connectivity index (χ4n) is 2.74. The minimum atomic E-state index is -0.630. The third-order valence-electron chi connectivity index (χ3n) is 3.96. The van der Waals surface area contributed by atoms with Gasteiger partial charge < -0.3 is 20.9 Å². The van der Waals surface area contributed by atoms with E-state index in [1.807, 2.05) is 12.1 Å². The zero-order valence-electron chi connectivity index (χ0n) is 13.7. The Kier molecular flexibility index (Phi) is 4.99. The average Bonchev–Trinajstić information content (AvgIpc) is 3.02. The van der Waals surface area contributed by atoms with Crippen LogP contribution in [-0.2, 0) is 6.54 Å². The molecule has 2 aromatic carbocycles. The number of carbonyl (C=O) groups excluding carboxylic acids is 2. The van der Waals surface area contributed by atoms with Gasteiger partial charge in [0.2, 0.25) is 0 Å². The second kappa shape index (κ2) is 7.53. The Bertz CT molecular complexity index is 884. The number of fused-ring (bicyclic) bond motifs is 1. The molecule has 0 atom stereocenters. The third-order valence-corrected chi connectivity index (χ3v) is 3.96. The third kappa shape index (κ3) is 4.17. The van der Waals surface area contributed by atoms with Crippen molar-refractivity contribution in [3.05, 3.63) is 66.4 Å². The fourth-order valence-corrected chi connectivity index (χ4v) is 2.74. The number of benzene rings is 2. The Hall–Kier alpha value is -3.28. The molecule has 0 spiro atoms. The van der Waals surface area contributed by atoms with Gasteiger partial charge in [0.05, 0.1) is 0 Å². The van der Waals surface area contributed by atoms with Crippen molar-refractivity contribution in [3.63, 3.8) is 0 Å². The van der Waals surface area contributed by atoms with E-state index < -0.39 is 6.03 Å². The number of amides is 3. The molecule has 4 N–H and O–H groups in total. The number of carbonyl (C=O) groups is 2. The molecule has 0 aliphatic rings. The molecular formula is C19H20N4O2. The average molecular weight is 336 g/mol. The molecule has 128 valence electrons. The van der Waals surface area contributed by atoms with Gasteiger partial charge in [-0.15, -0.1) is 0 Å². The van der Waals surface area contributed by atoms with Gasteiger partial charge in [-0.25, -0.2) is 4.79 Å². The number of anilines is 1. The molecule has 0 bridgehead atoms. The van der Waals surface area contributed by atoms with Crippen LogP contribution in [0.15, 0.2) is 60.8 Å². The molecule has 6 nitrogen and oxygen atoms in total. The number of nitrogens with zero attached hydrogens (tertiary/aromatic N) is 1. The van der Waals surface area contributed by atoms with E-state index >= 15 is 0 Å². The molecule has 0 saturated carbocycles. The lowest BCUT2D eigenvalue weighted by atomic mass is 10.2. The predicted octanol–water partition coefficient (Wildman–Crippen LogP) is 2.95. The van der Waals surface area contributed by atoms with Crippen molar-refractivity contribution in [2.24, 2.45) is 5.73 Å². The van der Waals surface area contributed by atoms with Crippen LogP contribution in [-0.4, -0.2) is 23.1 Å². The maximum atomic E-state index is 12.1. The van der Waals surface area contributed by atoms with Gasteiger partial charge in [-0.1, -0.05) is 18.2 Å². The minimum absolute atomic E-state index is 0.136. The van der Waals surface area contributed by atoms with E-state index in [2.05, 4.69) is 39.6 Å². The van der Waals surface area contributed by atoms with Gasteiger partial charge in [-0.3, -0.25) is 4.79 Å². The van der Waals surface area contributed by atoms with Gasteiger partial charge >= 0.3 is 6.03 Å². The number of hydrogen-bond acceptors (Lipinski definition) is 2. The first kappa shape index (κ1) is 16.6. The van der Waals surface area contributed by atoms with E-state index in [1.165, 1.54) is 10.9 Å². The molecule has 1 heterocycles. The first-order valence-corrected chi connectivity index (χ1v) is 8.12. The molecule has 0 radical (unpaired) electrons. The summed E-state index contributed by atoms with van der Waals surface area (Å²) in [7, 11) is 0. The molecular weight excluding hydrogens is 316 g/mol. The van der Waals surface area contributed by atoms with Crippen LogP contribution in [0.4, 0.5) is 10.5 Å². The quantitative estimate of drug-likeness (QED) is 0.604. The zero-order chi connectivity index (χ0) is 17.6. The normalized spacial score (nSPS) is 10.6. The van der Waals surface area contributed by atoms with Crippen LogP contribution >= 0.6 is 0 Å². The predicted molar refractivity (Wildman–Crippen MR) is 98.5 cm³/mol. The Balaban J connectivity index is 1.48. The van der Waals surface area contributed by atoms with E-state index in [1.54, 1.807) is 24.3 Å². The number of nitrogens with two attached hydrogens (primary N) is 1. The maximum Gasteiger partial charge on any atom is 0.316 e. The zero-order valence-corrected chi connectivity index (χ0v) is 13.7. The Morgan fingerprint density at radius 3 is 2.52 bits per heavy atom. The van der Waals surface area contributed by atoms with Crippen molar-refractivity contribution >= 4 is 28.5 Å². The molecule has 0 fully saturated rings. The molecule has 0 aliphatic carbocycles. The first-order chi connectivity index (χ1) is 12.1. The number of rotatable bonds is 6. The lowest BCUT2D eigenvalue weighted by Gasteiger charge is -2.08. The van der Waals surface area contributed by atoms with Gasteiger partial charge in [0.15, 0.2) is 0 Å². The van der Waals surface area contributed by atoms with E-state index in [0.29, 0.717) is 17.8 Å². The highest BCUT2D eigenvalue weighted by atomic mass is 16.2. The highest BCUT2D eigenvalue weighted by Crippen LogP contribution is 2.15. The molecule has 6 heteroatoms. The monoisotopic (exact) mass is 336 g/mol. The highest BCUT2D eigenvalue weighted by Gasteiger charge is 2.05. The van der Waals surface area contributed by atoms with Crippen LogP contribution < -0.4 is 16.4 Å². The number of hydrogen-bond donors (Lipinski definition) is 3. The number of aromatic nitrogens is 1. The molecule has 1 aromatic heterocycles. The van der Waals surface area contributed by atoms with E-state index in [0.717, 1.165) is 13.0 Å². The topological polar surface area (TPSA) is 89.2 Å². The largest absolute Gasteiger partial charge is 0.352 e. The Morgan fingerprint density at radius 2 is 1.76 bits per heavy atom. The van der Waals surface area contributed by atoms with Crippen LogP contribution in [0.2, 0.25) is 0 Å². The molecule has 3 aromatic rings. The summed E-state index contributed by atoms with van der Waals surface area (Å²) < 4.78 is 2.19. The second-order valence-electron chi connectivity index (χ2n) is 5.74. The number of nitrogens with one attached hydrogen (secondary N) is 2. The molecule has 0 unspecified atom stereocenters. The van der Waals surface area contributed by atoms with Crippen molar-refractivity contribution in [2.45, 2.75) is 13.0 Å². The summed E-state index contributed by atoms with van der Waals surface area (Å²) in [6.07, 6.45) is 2.91. The number of urea groups is 1. The summed E-state index contributed by atoms with van der Waals surface area (Å²) in [6, 6.07) is 16.3. The molecule has 25 heavy (non-hydrogen) atoms. The van der Waals surface area contributed by atoms with Gasteiger partial charge in [0.25, 0.3) is 5.91 Å². The summed E-state index contributed by atoms with van der Waals surface area (Å²) in [4.78, 5) is 22.9. The lowest BCUT2D eigenvalue weighted by Crippen LogP contribution is -2.25. The van der Waals surface area contributed by atoms with Crippen LogP contribution in [0.3, 0.4) is 0 Å². The van der Waals surface area contributed by atoms with Crippen molar-refractivity contribution in [1.29, 1.82) is 0 Å². The molecule has 3 rings (SSSR count). The van der Waals surface area contributed by atoms with Gasteiger partial charge in [-0.05, 0) is 48.2 Å². The highest BCUT2D eigenvalue weighted by molar-refractivity contribution is 5.95. The standard InChI is InChI=1S/C19H20N4O2/c20-19(25)22-16-8-6-15(7-9-16)18(24)21-11-3-12-23-13-10-14-4-1-2-5-17(14)23/h1-2,4-10,13H,3,11-12H2,(H,21,24)(H3,20,22,25). The van der Waals surface area contributed by atoms with Crippen LogP contribution in [0.25, 0.3) is 10.9 Å². The number of primary amides is 1. The Morgan fingerprint density at radius 1 is 1.00 bits per heavy atom. The van der Waals surface area contributed by atoms with E-state index in [9.17, 15) is 9.59 Å². The fraction of sp³-hybridized carbons (Fsp3) is 0.158. The van der Waals surface area contributed by atoms with Crippen molar-refractivity contribution in [3.8, 4) is 0 Å². The summed E-state index contributed by atoms with van der Waals surface area (Å²) in [5, 5.41) is 6.58. The van der Waals surface area contributed by atoms with Crippen molar-refractivity contribution in [1.82, 2.24) is 9.88 Å². The van der Waals surface area contributed by atoms with Gasteiger partial charge in [0, 0.05) is 36.1 Å². The summed E-state index contributed by atoms with van der Waals surface area (Å²) in [6.45, 7) is 1.43. The summed E-state index contributed by atoms with van der Waals surface area (Å²) in [5.74, 6) is -0.136.